The van der Waals surface area contributed by atoms with Crippen LogP contribution in [-0.4, -0.2) is 56.8 Å². The summed E-state index contributed by atoms with van der Waals surface area (Å²) in [5.41, 5.74) is 0.793. The van der Waals surface area contributed by atoms with Gasteiger partial charge >= 0.3 is 6.03 Å². The second-order valence-electron chi connectivity index (χ2n) is 6.68. The molecule has 152 valence electrons. The maximum Gasteiger partial charge on any atom is 0.335 e. The molecule has 0 saturated carbocycles. The summed E-state index contributed by atoms with van der Waals surface area (Å²) in [4.78, 5) is 44.3. The topological polar surface area (TPSA) is 92.5 Å². The molecule has 8 nitrogen and oxygen atoms in total. The zero-order valence-electron chi connectivity index (χ0n) is 16.9. The minimum Gasteiger partial charge on any atom is -0.497 e. The molecule has 4 amide bonds. The lowest BCUT2D eigenvalue weighted by Gasteiger charge is -2.30. The first-order valence-electron chi connectivity index (χ1n) is 9.60. The number of rotatable bonds is 9. The Morgan fingerprint density at radius 1 is 1.18 bits per heavy atom. The van der Waals surface area contributed by atoms with E-state index >= 15 is 0 Å². The van der Waals surface area contributed by atoms with Crippen molar-refractivity contribution in [2.45, 2.75) is 27.2 Å². The molecule has 0 bridgehead atoms. The van der Waals surface area contributed by atoms with Gasteiger partial charge in [-0.3, -0.25) is 19.9 Å². The van der Waals surface area contributed by atoms with Crippen LogP contribution in [0.15, 0.2) is 29.3 Å². The van der Waals surface area contributed by atoms with E-state index in [9.17, 15) is 14.4 Å². The second kappa shape index (κ2) is 9.98. The average Bonchev–Trinajstić information content (AvgIpc) is 2.68. The number of barbiturate groups is 1. The van der Waals surface area contributed by atoms with Gasteiger partial charge in [0.05, 0.1) is 32.4 Å². The number of aliphatic imine (C=N–C) groups is 1. The summed E-state index contributed by atoms with van der Waals surface area (Å²) < 4.78 is 5.10. The molecule has 0 radical (unpaired) electrons. The van der Waals surface area contributed by atoms with Gasteiger partial charge in [0.15, 0.2) is 5.92 Å². The molecule has 8 heteroatoms. The van der Waals surface area contributed by atoms with E-state index in [2.05, 4.69) is 24.2 Å². The van der Waals surface area contributed by atoms with Gasteiger partial charge in [-0.25, -0.2) is 9.69 Å². The number of ether oxygens (including phenoxy) is 1. The minimum atomic E-state index is -1.10. The normalized spacial score (nSPS) is 17.9. The second-order valence-corrected chi connectivity index (χ2v) is 6.68. The van der Waals surface area contributed by atoms with Crippen LogP contribution >= 0.6 is 0 Å². The van der Waals surface area contributed by atoms with Gasteiger partial charge in [0, 0.05) is 18.7 Å². The first-order valence-corrected chi connectivity index (χ1v) is 9.60. The van der Waals surface area contributed by atoms with Crippen molar-refractivity contribution in [3.63, 3.8) is 0 Å². The molecule has 1 saturated heterocycles. The fourth-order valence-corrected chi connectivity index (χ4v) is 3.20. The Balaban J connectivity index is 2.12. The lowest BCUT2D eigenvalue weighted by Crippen LogP contribution is -3.11. The first-order chi connectivity index (χ1) is 13.4. The van der Waals surface area contributed by atoms with E-state index in [0.717, 1.165) is 31.0 Å². The van der Waals surface area contributed by atoms with E-state index in [1.807, 2.05) is 0 Å². The number of amides is 4. The third-order valence-corrected chi connectivity index (χ3v) is 4.96. The molecule has 2 N–H and O–H groups in total. The number of quaternary nitrogens is 1. The van der Waals surface area contributed by atoms with Crippen LogP contribution in [0.4, 0.5) is 10.5 Å². The quantitative estimate of drug-likeness (QED) is 0.369. The molecule has 0 aromatic heterocycles. The predicted octanol–water partition coefficient (Wildman–Crippen LogP) is 0.670. The number of nitrogens with zero attached hydrogens (tertiary/aromatic N) is 2. The Hall–Kier alpha value is -2.74. The van der Waals surface area contributed by atoms with Gasteiger partial charge in [-0.15, -0.1) is 0 Å². The molecule has 1 aliphatic rings. The van der Waals surface area contributed by atoms with Crippen molar-refractivity contribution in [2.24, 2.45) is 10.9 Å². The van der Waals surface area contributed by atoms with Crippen molar-refractivity contribution in [1.82, 2.24) is 5.32 Å². The number of carbonyl (C=O) groups excluding carboxylic acids is 3. The molecular formula is C20H29N4O4+. The minimum absolute atomic E-state index is 0.374. The fourth-order valence-electron chi connectivity index (χ4n) is 3.20. The summed E-state index contributed by atoms with van der Waals surface area (Å²) in [6.07, 6.45) is 0.873. The van der Waals surface area contributed by atoms with Gasteiger partial charge in [0.1, 0.15) is 5.75 Å². The van der Waals surface area contributed by atoms with Gasteiger partial charge in [0.25, 0.3) is 5.91 Å². The number of hydrogen-bond acceptors (Lipinski definition) is 5. The van der Waals surface area contributed by atoms with E-state index in [-0.39, 0.29) is 0 Å². The Kier molecular flexibility index (Phi) is 7.69. The average molecular weight is 389 g/mol. The number of anilines is 1. The highest BCUT2D eigenvalue weighted by Gasteiger charge is 2.42. The summed E-state index contributed by atoms with van der Waals surface area (Å²) in [7, 11) is 1.53. The molecule has 1 aliphatic heterocycles. The maximum atomic E-state index is 12.9. The van der Waals surface area contributed by atoms with Gasteiger partial charge in [-0.05, 0) is 45.0 Å². The molecule has 1 fully saturated rings. The van der Waals surface area contributed by atoms with E-state index in [0.29, 0.717) is 23.7 Å². The molecular weight excluding hydrogens is 360 g/mol. The zero-order chi connectivity index (χ0) is 20.7. The predicted molar refractivity (Wildman–Crippen MR) is 107 cm³/mol. The zero-order valence-corrected chi connectivity index (χ0v) is 16.9. The van der Waals surface area contributed by atoms with Crippen molar-refractivity contribution < 1.29 is 24.0 Å². The van der Waals surface area contributed by atoms with Crippen LogP contribution in [0, 0.1) is 5.92 Å². The Morgan fingerprint density at radius 3 is 2.39 bits per heavy atom. The van der Waals surface area contributed by atoms with Crippen molar-refractivity contribution in [3.05, 3.63) is 24.3 Å². The molecule has 1 aromatic carbocycles. The molecule has 1 aromatic rings. The van der Waals surface area contributed by atoms with Gasteiger partial charge in [-0.2, -0.15) is 0 Å². The van der Waals surface area contributed by atoms with Crippen LogP contribution < -0.4 is 19.9 Å². The summed E-state index contributed by atoms with van der Waals surface area (Å²) in [5, 5.41) is 2.26. The Morgan fingerprint density at radius 2 is 1.82 bits per heavy atom. The van der Waals surface area contributed by atoms with Crippen LogP contribution in [0.1, 0.15) is 27.2 Å². The summed E-state index contributed by atoms with van der Waals surface area (Å²) in [5.74, 6) is -1.71. The lowest BCUT2D eigenvalue weighted by atomic mass is 9.99. The highest BCUT2D eigenvalue weighted by atomic mass is 16.5. The van der Waals surface area contributed by atoms with Gasteiger partial charge in [0.2, 0.25) is 5.91 Å². The molecule has 1 unspecified atom stereocenters. The largest absolute Gasteiger partial charge is 0.497 e. The van der Waals surface area contributed by atoms with Crippen LogP contribution in [0.3, 0.4) is 0 Å². The van der Waals surface area contributed by atoms with Gasteiger partial charge < -0.3 is 9.64 Å². The van der Waals surface area contributed by atoms with E-state index in [1.54, 1.807) is 31.2 Å². The monoisotopic (exact) mass is 389 g/mol. The van der Waals surface area contributed by atoms with E-state index in [1.165, 1.54) is 12.0 Å². The number of imide groups is 2. The highest BCUT2D eigenvalue weighted by molar-refractivity contribution is 6.35. The molecule has 2 rings (SSSR count). The first kappa shape index (κ1) is 21.6. The highest BCUT2D eigenvalue weighted by Crippen LogP contribution is 2.24. The number of carbonyl (C=O) groups is 3. The van der Waals surface area contributed by atoms with Crippen molar-refractivity contribution in [1.29, 1.82) is 0 Å². The molecule has 0 spiro atoms. The van der Waals surface area contributed by atoms with Crippen molar-refractivity contribution in [3.8, 4) is 5.75 Å². The summed E-state index contributed by atoms with van der Waals surface area (Å²) >= 11 is 0. The number of benzene rings is 1. The number of methoxy groups -OCH3 is 1. The fraction of sp³-hybridized carbons (Fsp3) is 0.500. The van der Waals surface area contributed by atoms with Crippen LogP contribution in [0.5, 0.6) is 5.75 Å². The molecule has 1 heterocycles. The number of hydrogen-bond donors (Lipinski definition) is 2. The smallest absolute Gasteiger partial charge is 0.335 e. The standard InChI is InChI=1S/C20H28N4O4/c1-5-23(6-2)13-7-12-21-14(3)17-18(25)22-20(27)24(19(17)26)15-8-10-16(28-4)11-9-15/h8-11,17H,5-7,12-13H2,1-4H3,(H,22,25,27)/p+1. The molecule has 28 heavy (non-hydrogen) atoms. The molecule has 1 atom stereocenters. The third-order valence-electron chi connectivity index (χ3n) is 4.96. The molecule has 0 aliphatic carbocycles. The number of nitrogens with one attached hydrogen (secondary N) is 2. The van der Waals surface area contributed by atoms with Crippen LogP contribution in [0.25, 0.3) is 0 Å². The van der Waals surface area contributed by atoms with Crippen molar-refractivity contribution in [2.75, 3.05) is 38.2 Å². The SMILES string of the molecule is CC[NH+](CC)CCCN=C(C)C1C(=O)NC(=O)N(c2ccc(OC)cc2)C1=O. The number of urea groups is 1. The Labute approximate surface area is 165 Å². The summed E-state index contributed by atoms with van der Waals surface area (Å²) in [6.45, 7) is 9.60. The van der Waals surface area contributed by atoms with Crippen molar-refractivity contribution >= 4 is 29.2 Å². The lowest BCUT2D eigenvalue weighted by molar-refractivity contribution is -0.896. The third kappa shape index (κ3) is 4.95. The van der Waals surface area contributed by atoms with Gasteiger partial charge in [-0.1, -0.05) is 0 Å². The van der Waals surface area contributed by atoms with E-state index in [4.69, 9.17) is 4.74 Å². The summed E-state index contributed by atoms with van der Waals surface area (Å²) in [6, 6.07) is 5.75. The van der Waals surface area contributed by atoms with E-state index < -0.39 is 23.8 Å². The van der Waals surface area contributed by atoms with Crippen LogP contribution in [-0.2, 0) is 9.59 Å². The Bertz CT molecular complexity index is 741. The van der Waals surface area contributed by atoms with Crippen LogP contribution in [0.2, 0.25) is 0 Å². The maximum absolute atomic E-state index is 12.9.